The molecule has 0 aromatic heterocycles. The van der Waals surface area contributed by atoms with Crippen molar-refractivity contribution in [3.8, 4) is 5.75 Å². The van der Waals surface area contributed by atoms with Crippen molar-refractivity contribution in [1.82, 2.24) is 10.2 Å². The standard InChI is InChI=1S/C14H20N2O3/c17-11-12-8-16(9-12)10-14(18)15-6-7-19-13-4-2-1-3-5-13/h1-5,12,17H,6-11H2,(H,15,18). The number of likely N-dealkylation sites (tertiary alicyclic amines) is 1. The number of aliphatic hydroxyl groups is 1. The highest BCUT2D eigenvalue weighted by molar-refractivity contribution is 5.78. The smallest absolute Gasteiger partial charge is 0.234 e. The van der Waals surface area contributed by atoms with Gasteiger partial charge in [-0.1, -0.05) is 18.2 Å². The van der Waals surface area contributed by atoms with E-state index in [0.29, 0.717) is 25.6 Å². The maximum atomic E-state index is 11.6. The average Bonchev–Trinajstić information content (AvgIpc) is 2.39. The molecule has 1 aromatic rings. The molecular formula is C14H20N2O3. The number of nitrogens with zero attached hydrogens (tertiary/aromatic N) is 1. The number of aliphatic hydroxyl groups excluding tert-OH is 1. The molecule has 19 heavy (non-hydrogen) atoms. The molecule has 0 saturated carbocycles. The molecule has 0 atom stereocenters. The Balaban J connectivity index is 1.52. The quantitative estimate of drug-likeness (QED) is 0.686. The summed E-state index contributed by atoms with van der Waals surface area (Å²) in [4.78, 5) is 13.6. The van der Waals surface area contributed by atoms with Gasteiger partial charge in [-0.15, -0.1) is 0 Å². The molecule has 1 aliphatic heterocycles. The predicted molar refractivity (Wildman–Crippen MR) is 72.0 cm³/mol. The van der Waals surface area contributed by atoms with Gasteiger partial charge in [-0.2, -0.15) is 0 Å². The molecule has 1 aromatic carbocycles. The molecule has 1 saturated heterocycles. The van der Waals surface area contributed by atoms with Gasteiger partial charge in [0, 0.05) is 25.6 Å². The van der Waals surface area contributed by atoms with Crippen LogP contribution in [0.25, 0.3) is 0 Å². The molecule has 1 aliphatic rings. The van der Waals surface area contributed by atoms with E-state index in [1.54, 1.807) is 0 Å². The van der Waals surface area contributed by atoms with Crippen LogP contribution in [0, 0.1) is 5.92 Å². The third kappa shape index (κ3) is 4.54. The monoisotopic (exact) mass is 264 g/mol. The molecule has 0 bridgehead atoms. The van der Waals surface area contributed by atoms with Gasteiger partial charge in [-0.3, -0.25) is 9.69 Å². The first-order valence-corrected chi connectivity index (χ1v) is 6.55. The van der Waals surface area contributed by atoms with E-state index in [4.69, 9.17) is 9.84 Å². The Kier molecular flexibility index (Phi) is 5.18. The van der Waals surface area contributed by atoms with Crippen molar-refractivity contribution in [2.45, 2.75) is 0 Å². The maximum absolute atomic E-state index is 11.6. The first-order chi connectivity index (χ1) is 9.28. The summed E-state index contributed by atoms with van der Waals surface area (Å²) in [6, 6.07) is 9.53. The lowest BCUT2D eigenvalue weighted by atomic mass is 10.0. The Labute approximate surface area is 113 Å². The first kappa shape index (κ1) is 13.8. The van der Waals surface area contributed by atoms with Gasteiger partial charge in [-0.25, -0.2) is 0 Å². The predicted octanol–water partition coefficient (Wildman–Crippen LogP) is 0.106. The molecule has 0 spiro atoms. The minimum absolute atomic E-state index is 0.00746. The number of nitrogens with one attached hydrogen (secondary N) is 1. The number of rotatable bonds is 7. The highest BCUT2D eigenvalue weighted by atomic mass is 16.5. The fraction of sp³-hybridized carbons (Fsp3) is 0.500. The lowest BCUT2D eigenvalue weighted by Crippen LogP contribution is -2.52. The fourth-order valence-electron chi connectivity index (χ4n) is 2.06. The van der Waals surface area contributed by atoms with Crippen molar-refractivity contribution in [2.24, 2.45) is 5.92 Å². The Morgan fingerprint density at radius 2 is 2.11 bits per heavy atom. The highest BCUT2D eigenvalue weighted by Gasteiger charge is 2.26. The summed E-state index contributed by atoms with van der Waals surface area (Å²) >= 11 is 0. The number of carbonyl (C=O) groups excluding carboxylic acids is 1. The van der Waals surface area contributed by atoms with Gasteiger partial charge in [0.05, 0.1) is 13.1 Å². The molecule has 2 N–H and O–H groups in total. The number of ether oxygens (including phenoxy) is 1. The van der Waals surface area contributed by atoms with Crippen LogP contribution < -0.4 is 10.1 Å². The summed E-state index contributed by atoms with van der Waals surface area (Å²) in [7, 11) is 0. The molecule has 2 rings (SSSR count). The van der Waals surface area contributed by atoms with Crippen LogP contribution >= 0.6 is 0 Å². The number of hydrogen-bond donors (Lipinski definition) is 2. The molecule has 5 heteroatoms. The lowest BCUT2D eigenvalue weighted by molar-refractivity contribution is -0.124. The molecule has 5 nitrogen and oxygen atoms in total. The van der Waals surface area contributed by atoms with Crippen molar-refractivity contribution in [1.29, 1.82) is 0 Å². The van der Waals surface area contributed by atoms with E-state index in [-0.39, 0.29) is 12.5 Å². The van der Waals surface area contributed by atoms with Crippen LogP contribution in [0.15, 0.2) is 30.3 Å². The van der Waals surface area contributed by atoms with Gasteiger partial charge < -0.3 is 15.2 Å². The number of benzene rings is 1. The Bertz CT molecular complexity index is 391. The van der Waals surface area contributed by atoms with Crippen molar-refractivity contribution < 1.29 is 14.6 Å². The normalized spacial score (nSPS) is 15.8. The fourth-order valence-corrected chi connectivity index (χ4v) is 2.06. The molecule has 104 valence electrons. The van der Waals surface area contributed by atoms with Crippen molar-refractivity contribution in [3.05, 3.63) is 30.3 Å². The van der Waals surface area contributed by atoms with Gasteiger partial charge in [0.1, 0.15) is 12.4 Å². The van der Waals surface area contributed by atoms with E-state index in [2.05, 4.69) is 5.32 Å². The average molecular weight is 264 g/mol. The first-order valence-electron chi connectivity index (χ1n) is 6.55. The molecule has 0 unspecified atom stereocenters. The molecule has 1 fully saturated rings. The van der Waals surface area contributed by atoms with Gasteiger partial charge >= 0.3 is 0 Å². The van der Waals surface area contributed by atoms with E-state index in [0.717, 1.165) is 18.8 Å². The van der Waals surface area contributed by atoms with Crippen molar-refractivity contribution in [2.75, 3.05) is 39.4 Å². The van der Waals surface area contributed by atoms with Gasteiger partial charge in [0.25, 0.3) is 0 Å². The zero-order valence-electron chi connectivity index (χ0n) is 10.9. The molecule has 1 heterocycles. The summed E-state index contributed by atoms with van der Waals surface area (Å²) in [5.74, 6) is 1.16. The topological polar surface area (TPSA) is 61.8 Å². The number of hydrogen-bond acceptors (Lipinski definition) is 4. The summed E-state index contributed by atoms with van der Waals surface area (Å²) in [6.07, 6.45) is 0. The van der Waals surface area contributed by atoms with E-state index in [9.17, 15) is 4.79 Å². The van der Waals surface area contributed by atoms with E-state index < -0.39 is 0 Å². The second-order valence-electron chi connectivity index (χ2n) is 4.75. The van der Waals surface area contributed by atoms with Crippen LogP contribution in [0.2, 0.25) is 0 Å². The molecule has 0 aliphatic carbocycles. The Hall–Kier alpha value is -1.59. The van der Waals surface area contributed by atoms with Gasteiger partial charge in [-0.05, 0) is 12.1 Å². The van der Waals surface area contributed by atoms with Gasteiger partial charge in [0.15, 0.2) is 0 Å². The van der Waals surface area contributed by atoms with Crippen LogP contribution in [0.3, 0.4) is 0 Å². The number of para-hydroxylation sites is 1. The third-order valence-electron chi connectivity index (χ3n) is 3.09. The van der Waals surface area contributed by atoms with Crippen LogP contribution in [-0.2, 0) is 4.79 Å². The highest BCUT2D eigenvalue weighted by Crippen LogP contribution is 2.13. The minimum Gasteiger partial charge on any atom is -0.492 e. The lowest BCUT2D eigenvalue weighted by Gasteiger charge is -2.37. The zero-order valence-corrected chi connectivity index (χ0v) is 10.9. The van der Waals surface area contributed by atoms with Crippen LogP contribution in [0.4, 0.5) is 0 Å². The Morgan fingerprint density at radius 1 is 1.37 bits per heavy atom. The second-order valence-corrected chi connectivity index (χ2v) is 4.75. The summed E-state index contributed by atoms with van der Waals surface area (Å²) in [5.41, 5.74) is 0. The van der Waals surface area contributed by atoms with E-state index in [1.807, 2.05) is 35.2 Å². The van der Waals surface area contributed by atoms with Crippen LogP contribution in [0.5, 0.6) is 5.75 Å². The summed E-state index contributed by atoms with van der Waals surface area (Å²) < 4.78 is 5.47. The van der Waals surface area contributed by atoms with Crippen LogP contribution in [-0.4, -0.2) is 55.3 Å². The summed E-state index contributed by atoms with van der Waals surface area (Å²) in [6.45, 7) is 3.21. The maximum Gasteiger partial charge on any atom is 0.234 e. The largest absolute Gasteiger partial charge is 0.492 e. The zero-order chi connectivity index (χ0) is 13.5. The Morgan fingerprint density at radius 3 is 2.79 bits per heavy atom. The second kappa shape index (κ2) is 7.11. The third-order valence-corrected chi connectivity index (χ3v) is 3.09. The van der Waals surface area contributed by atoms with E-state index >= 15 is 0 Å². The summed E-state index contributed by atoms with van der Waals surface area (Å²) in [5, 5.41) is 11.7. The minimum atomic E-state index is 0.00746. The number of amides is 1. The number of carbonyl (C=O) groups is 1. The molecule has 1 amide bonds. The van der Waals surface area contributed by atoms with Crippen molar-refractivity contribution in [3.63, 3.8) is 0 Å². The van der Waals surface area contributed by atoms with Gasteiger partial charge in [0.2, 0.25) is 5.91 Å². The SMILES string of the molecule is O=C(CN1CC(CO)C1)NCCOc1ccccc1. The van der Waals surface area contributed by atoms with Crippen LogP contribution in [0.1, 0.15) is 0 Å². The molecular weight excluding hydrogens is 244 g/mol. The van der Waals surface area contributed by atoms with E-state index in [1.165, 1.54) is 0 Å². The van der Waals surface area contributed by atoms with Crippen molar-refractivity contribution >= 4 is 5.91 Å². The molecule has 0 radical (unpaired) electrons.